The summed E-state index contributed by atoms with van der Waals surface area (Å²) in [7, 11) is 0. The van der Waals surface area contributed by atoms with Crippen LogP contribution in [0.1, 0.15) is 36.6 Å². The smallest absolute Gasteiger partial charge is 0.322 e. The average Bonchev–Trinajstić information content (AvgIpc) is 3.52. The first-order valence-electron chi connectivity index (χ1n) is 12.3. The topological polar surface area (TPSA) is 109 Å². The zero-order valence-electron chi connectivity index (χ0n) is 19.9. The van der Waals surface area contributed by atoms with Crippen molar-refractivity contribution in [3.63, 3.8) is 0 Å². The Balaban J connectivity index is 1.16. The number of halogens is 2. The first-order valence-corrected chi connectivity index (χ1v) is 12.7. The lowest BCUT2D eigenvalue weighted by molar-refractivity contribution is 0.165. The minimum Gasteiger partial charge on any atom is -0.477 e. The van der Waals surface area contributed by atoms with Crippen LogP contribution < -0.4 is 15.6 Å². The number of nitrogens with one attached hydrogen (secondary N) is 2. The van der Waals surface area contributed by atoms with Crippen molar-refractivity contribution >= 4 is 23.3 Å². The van der Waals surface area contributed by atoms with Crippen LogP contribution in [0.4, 0.5) is 14.9 Å². The van der Waals surface area contributed by atoms with E-state index in [2.05, 4.69) is 20.5 Å². The van der Waals surface area contributed by atoms with Crippen LogP contribution in [0.2, 0.25) is 5.02 Å². The predicted molar refractivity (Wildman–Crippen MR) is 134 cm³/mol. The highest BCUT2D eigenvalue weighted by Crippen LogP contribution is 2.42. The van der Waals surface area contributed by atoms with Crippen molar-refractivity contribution < 1.29 is 18.7 Å². The van der Waals surface area contributed by atoms with Crippen LogP contribution in [-0.2, 0) is 11.2 Å². The van der Waals surface area contributed by atoms with Gasteiger partial charge in [0.05, 0.1) is 35.7 Å². The van der Waals surface area contributed by atoms with E-state index in [1.54, 1.807) is 29.3 Å². The molecule has 2 bridgehead atoms. The Kier molecular flexibility index (Phi) is 6.29. The number of amides is 2. The number of pyridine rings is 1. The van der Waals surface area contributed by atoms with Gasteiger partial charge >= 0.3 is 6.03 Å². The highest BCUT2D eigenvalue weighted by molar-refractivity contribution is 6.33. The lowest BCUT2D eigenvalue weighted by atomic mass is 9.99. The van der Waals surface area contributed by atoms with Gasteiger partial charge in [-0.25, -0.2) is 19.3 Å². The number of H-pyrrole nitrogens is 1. The third-order valence-corrected chi connectivity index (χ3v) is 7.58. The second-order valence-electron chi connectivity index (χ2n) is 9.67. The summed E-state index contributed by atoms with van der Waals surface area (Å²) in [5, 5.41) is 9.59. The second-order valence-corrected chi connectivity index (χ2v) is 10.1. The quantitative estimate of drug-likeness (QED) is 0.513. The van der Waals surface area contributed by atoms with Crippen LogP contribution in [0.5, 0.6) is 5.88 Å². The molecule has 2 aromatic heterocycles. The summed E-state index contributed by atoms with van der Waals surface area (Å²) in [4.78, 5) is 30.8. The first kappa shape index (κ1) is 23.9. The van der Waals surface area contributed by atoms with E-state index in [1.807, 2.05) is 0 Å². The monoisotopic (exact) mass is 525 g/mol. The molecule has 3 aromatic rings. The van der Waals surface area contributed by atoms with Crippen molar-refractivity contribution in [3.8, 4) is 17.0 Å². The molecule has 192 valence electrons. The molecule has 2 fully saturated rings. The van der Waals surface area contributed by atoms with Gasteiger partial charge in [0.25, 0.3) is 5.56 Å². The van der Waals surface area contributed by atoms with Gasteiger partial charge in [0.2, 0.25) is 5.88 Å². The standard InChI is InChI=1S/C26H25ClFN5O4/c27-19-10-21(30-26(35)33-17-2-3-22(33)25-16(7-17)8-23(34)31-32-25)20(28)9-18(19)15-1-4-24(29-11-15)37-13-14-5-6-36-12-14/h1,4,8-11,14,17,22H,2-3,5-7,12-13H2,(H,30,35)(H,31,34)/t14-,17-,22+/m0/s1. The molecule has 2 N–H and O–H groups in total. The molecule has 6 rings (SSSR count). The van der Waals surface area contributed by atoms with Gasteiger partial charge in [-0.05, 0) is 49.4 Å². The first-order chi connectivity index (χ1) is 18.0. The van der Waals surface area contributed by atoms with Gasteiger partial charge in [-0.3, -0.25) is 4.79 Å². The molecule has 0 unspecified atom stereocenters. The number of hydrogen-bond acceptors (Lipinski definition) is 6. The number of benzene rings is 1. The maximum atomic E-state index is 15.1. The van der Waals surface area contributed by atoms with E-state index in [1.165, 1.54) is 12.1 Å². The number of carbonyl (C=O) groups is 1. The van der Waals surface area contributed by atoms with E-state index >= 15 is 4.39 Å². The number of rotatable bonds is 5. The maximum absolute atomic E-state index is 15.1. The molecule has 0 saturated carbocycles. The van der Waals surface area contributed by atoms with E-state index in [4.69, 9.17) is 21.1 Å². The van der Waals surface area contributed by atoms with Gasteiger partial charge < -0.3 is 19.7 Å². The van der Waals surface area contributed by atoms with Gasteiger partial charge in [-0.2, -0.15) is 5.10 Å². The fourth-order valence-corrected chi connectivity index (χ4v) is 5.68. The minimum atomic E-state index is -0.610. The van der Waals surface area contributed by atoms with E-state index in [0.717, 1.165) is 31.4 Å². The SMILES string of the molecule is O=C(Nc1cc(Cl)c(-c2ccc(OC[C@H]3CCOC3)nc2)cc1F)N1[C@H]2CC[C@@H]1c1n[nH]c(=O)cc1C2. The molecule has 0 spiro atoms. The van der Waals surface area contributed by atoms with Crippen LogP contribution in [0, 0.1) is 11.7 Å². The normalized spacial score (nSPS) is 22.1. The van der Waals surface area contributed by atoms with Crippen molar-refractivity contribution in [3.05, 3.63) is 69.0 Å². The molecule has 0 radical (unpaired) electrons. The van der Waals surface area contributed by atoms with Crippen molar-refractivity contribution in [2.75, 3.05) is 25.1 Å². The summed E-state index contributed by atoms with van der Waals surface area (Å²) in [5.41, 5.74) is 2.37. The number of carbonyl (C=O) groups excluding carboxylic acids is 1. The summed E-state index contributed by atoms with van der Waals surface area (Å²) in [6, 6.07) is 6.96. The highest BCUT2D eigenvalue weighted by atomic mass is 35.5. The molecule has 2 saturated heterocycles. The molecule has 3 aliphatic rings. The molecule has 5 heterocycles. The third-order valence-electron chi connectivity index (χ3n) is 7.27. The Morgan fingerprint density at radius 3 is 2.95 bits per heavy atom. The molecular formula is C26H25ClFN5O4. The number of ether oxygens (including phenoxy) is 2. The Morgan fingerprint density at radius 1 is 1.27 bits per heavy atom. The van der Waals surface area contributed by atoms with E-state index < -0.39 is 11.8 Å². The molecule has 1 aromatic carbocycles. The third kappa shape index (κ3) is 4.67. The fourth-order valence-electron chi connectivity index (χ4n) is 5.40. The molecule has 9 nitrogen and oxygen atoms in total. The number of urea groups is 1. The summed E-state index contributed by atoms with van der Waals surface area (Å²) < 4.78 is 26.2. The van der Waals surface area contributed by atoms with Gasteiger partial charge in [-0.1, -0.05) is 11.6 Å². The molecule has 3 atom stereocenters. The zero-order valence-corrected chi connectivity index (χ0v) is 20.6. The average molecular weight is 526 g/mol. The lowest BCUT2D eigenvalue weighted by Crippen LogP contribution is -2.45. The molecule has 37 heavy (non-hydrogen) atoms. The number of anilines is 1. The zero-order chi connectivity index (χ0) is 25.5. The summed E-state index contributed by atoms with van der Waals surface area (Å²) in [6.07, 6.45) is 4.61. The highest BCUT2D eigenvalue weighted by Gasteiger charge is 2.44. The van der Waals surface area contributed by atoms with E-state index in [0.29, 0.717) is 48.3 Å². The molecule has 0 aliphatic carbocycles. The lowest BCUT2D eigenvalue weighted by Gasteiger charge is -2.35. The molecular weight excluding hydrogens is 501 g/mol. The van der Waals surface area contributed by atoms with Gasteiger partial charge in [0, 0.05) is 48.0 Å². The molecule has 2 amide bonds. The Morgan fingerprint density at radius 2 is 2.16 bits per heavy atom. The number of nitrogens with zero attached hydrogens (tertiary/aromatic N) is 3. The molecule has 3 aliphatic heterocycles. The fraction of sp³-hybridized carbons (Fsp3) is 0.385. The summed E-state index contributed by atoms with van der Waals surface area (Å²) in [6.45, 7) is 1.99. The van der Waals surface area contributed by atoms with Gasteiger partial charge in [0.1, 0.15) is 5.82 Å². The minimum absolute atomic E-state index is 0.00919. The van der Waals surface area contributed by atoms with E-state index in [-0.39, 0.29) is 28.4 Å². The predicted octanol–water partition coefficient (Wildman–Crippen LogP) is 4.33. The van der Waals surface area contributed by atoms with Crippen LogP contribution in [0.25, 0.3) is 11.1 Å². The summed E-state index contributed by atoms with van der Waals surface area (Å²) in [5.74, 6) is 0.233. The van der Waals surface area contributed by atoms with Crippen molar-refractivity contribution in [1.82, 2.24) is 20.1 Å². The second kappa shape index (κ2) is 9.75. The molecule has 11 heteroatoms. The van der Waals surface area contributed by atoms with E-state index in [9.17, 15) is 9.59 Å². The number of aromatic nitrogens is 3. The van der Waals surface area contributed by atoms with Crippen LogP contribution in [0.3, 0.4) is 0 Å². The van der Waals surface area contributed by atoms with Crippen molar-refractivity contribution in [2.45, 2.75) is 37.8 Å². The number of hydrogen-bond donors (Lipinski definition) is 2. The van der Waals surface area contributed by atoms with Crippen LogP contribution >= 0.6 is 11.6 Å². The number of fused-ring (bicyclic) bond motifs is 4. The number of aromatic amines is 1. The Labute approximate surface area is 216 Å². The van der Waals surface area contributed by atoms with Crippen LogP contribution in [-0.4, -0.2) is 52.0 Å². The largest absolute Gasteiger partial charge is 0.477 e. The Bertz CT molecular complexity index is 1390. The van der Waals surface area contributed by atoms with Crippen molar-refractivity contribution in [1.29, 1.82) is 0 Å². The Hall–Kier alpha value is -3.50. The van der Waals surface area contributed by atoms with Gasteiger partial charge in [0.15, 0.2) is 0 Å². The van der Waals surface area contributed by atoms with Crippen LogP contribution in [0.15, 0.2) is 41.3 Å². The summed E-state index contributed by atoms with van der Waals surface area (Å²) >= 11 is 6.50. The van der Waals surface area contributed by atoms with Gasteiger partial charge in [-0.15, -0.1) is 0 Å². The maximum Gasteiger partial charge on any atom is 0.322 e. The van der Waals surface area contributed by atoms with Crippen molar-refractivity contribution in [2.24, 2.45) is 5.92 Å².